The van der Waals surface area contributed by atoms with Gasteiger partial charge in [-0.1, -0.05) is 39.3 Å². The molecule has 0 aromatic rings. The highest BCUT2D eigenvalue weighted by atomic mass is 16.8. The van der Waals surface area contributed by atoms with Crippen LogP contribution in [0.2, 0.25) is 0 Å². The van der Waals surface area contributed by atoms with Crippen LogP contribution in [0.15, 0.2) is 11.6 Å². The summed E-state index contributed by atoms with van der Waals surface area (Å²) in [4.78, 5) is 0. The Labute approximate surface area is 415 Å². The number of hydrogen-bond donors (Lipinski definition) is 10. The van der Waals surface area contributed by atoms with Gasteiger partial charge in [-0.25, -0.2) is 0 Å². The van der Waals surface area contributed by atoms with Gasteiger partial charge in [-0.2, -0.15) is 0 Å². The minimum atomic E-state index is -1.88. The van der Waals surface area contributed by atoms with E-state index in [-0.39, 0.29) is 16.9 Å². The van der Waals surface area contributed by atoms with E-state index in [1.807, 2.05) is 0 Å². The predicted octanol–water partition coefficient (Wildman–Crippen LogP) is 0.0935. The maximum Gasteiger partial charge on any atom is 0.187 e. The summed E-state index contributed by atoms with van der Waals surface area (Å²) in [6.07, 6.45) is -19.9. The summed E-state index contributed by atoms with van der Waals surface area (Å²) in [7, 11) is 0. The van der Waals surface area contributed by atoms with Gasteiger partial charge in [0.05, 0.1) is 43.7 Å². The van der Waals surface area contributed by atoms with Crippen molar-refractivity contribution in [3.8, 4) is 0 Å². The molecule has 0 aromatic carbocycles. The fourth-order valence-electron chi connectivity index (χ4n) is 15.4. The van der Waals surface area contributed by atoms with Crippen molar-refractivity contribution in [1.29, 1.82) is 0 Å². The van der Waals surface area contributed by atoms with E-state index in [2.05, 4.69) is 33.8 Å². The van der Waals surface area contributed by atoms with Crippen molar-refractivity contribution in [2.45, 2.75) is 247 Å². The fourth-order valence-corrected chi connectivity index (χ4v) is 15.4. The first-order valence-electron chi connectivity index (χ1n) is 26.6. The molecule has 4 aliphatic carbocycles. The van der Waals surface area contributed by atoms with Crippen LogP contribution in [0.1, 0.15) is 106 Å². The molecular weight excluding hydrogens is 933 g/mol. The molecule has 20 heteroatoms. The monoisotopic (exact) mass is 1010 g/mol. The molecule has 6 saturated heterocycles. The maximum atomic E-state index is 11.3. The topological polar surface area (TPSA) is 295 Å². The average molecular weight is 1020 g/mol. The summed E-state index contributed by atoms with van der Waals surface area (Å²) in [5.74, 6) is 2.37. The Kier molecular flexibility index (Phi) is 15.1. The number of hydrogen-bond acceptors (Lipinski definition) is 20. The minimum Gasteiger partial charge on any atom is -0.394 e. The Morgan fingerprint density at radius 1 is 0.592 bits per heavy atom. The van der Waals surface area contributed by atoms with Gasteiger partial charge in [0, 0.05) is 12.3 Å². The lowest BCUT2D eigenvalue weighted by atomic mass is 9.47. The zero-order valence-electron chi connectivity index (χ0n) is 42.1. The lowest BCUT2D eigenvalue weighted by molar-refractivity contribution is -0.407. The van der Waals surface area contributed by atoms with Crippen LogP contribution < -0.4 is 0 Å². The quantitative estimate of drug-likeness (QED) is 0.137. The molecule has 6 aliphatic heterocycles. The summed E-state index contributed by atoms with van der Waals surface area (Å²) >= 11 is 0. The number of aliphatic hydroxyl groups is 10. The van der Waals surface area contributed by atoms with Crippen LogP contribution in [-0.4, -0.2) is 205 Å². The Hall–Kier alpha value is -1.06. The standard InChI is InChI=1S/C51H82O20/c1-20-10-15-51(62-19-20)21(2)32-30(71-51)17-29-27-9-8-25-16-26(11-13-49(25,6)28(27)12-14-50(29,32)7)66-48-44(70-47-41(61)38(58)35(55)31(18-52)67-47)43(69-46-40(60)37(57)34(54)23(4)64-46)42(24(5)65-48)68-45-39(59)36(56)33(53)22(3)63-45/h8,20-24,26-48,52-61H,9-19H2,1-7H3/t20-,21+,22-,23+,24-,26+,27-,28+,29+,30+,31-,32+,33-,34+,35-,36-,37-,38+,39+,40-,41-,42+,43+,44-,45+,46+,47+,48+,49-,50-,51+/m1/s1. The van der Waals surface area contributed by atoms with E-state index in [0.717, 1.165) is 51.6 Å². The number of rotatable bonds is 9. The van der Waals surface area contributed by atoms with Crippen LogP contribution in [0.3, 0.4) is 0 Å². The molecular formula is C51H82O20. The second-order valence-corrected chi connectivity index (χ2v) is 23.8. The van der Waals surface area contributed by atoms with Crippen molar-refractivity contribution in [3.05, 3.63) is 11.6 Å². The highest BCUT2D eigenvalue weighted by Crippen LogP contribution is 2.71. The van der Waals surface area contributed by atoms with Crippen LogP contribution >= 0.6 is 0 Å². The molecule has 3 saturated carbocycles. The van der Waals surface area contributed by atoms with Crippen molar-refractivity contribution in [2.24, 2.45) is 46.3 Å². The molecule has 406 valence electrons. The van der Waals surface area contributed by atoms with E-state index in [4.69, 9.17) is 47.4 Å². The molecule has 31 atom stereocenters. The average Bonchev–Trinajstić information content (AvgIpc) is 3.79. The van der Waals surface area contributed by atoms with Gasteiger partial charge >= 0.3 is 0 Å². The van der Waals surface area contributed by atoms with E-state index < -0.39 is 141 Å². The van der Waals surface area contributed by atoms with Crippen molar-refractivity contribution in [3.63, 3.8) is 0 Å². The molecule has 6 heterocycles. The molecule has 0 aromatic heterocycles. The lowest BCUT2D eigenvalue weighted by Crippen LogP contribution is -2.68. The van der Waals surface area contributed by atoms with Crippen LogP contribution in [0.4, 0.5) is 0 Å². The molecule has 0 amide bonds. The smallest absolute Gasteiger partial charge is 0.187 e. The van der Waals surface area contributed by atoms with E-state index in [9.17, 15) is 51.1 Å². The normalized spacial score (nSPS) is 58.4. The lowest BCUT2D eigenvalue weighted by Gasteiger charge is -2.59. The van der Waals surface area contributed by atoms with Crippen molar-refractivity contribution in [2.75, 3.05) is 13.2 Å². The summed E-state index contributed by atoms with van der Waals surface area (Å²) in [5.41, 5.74) is 1.39. The number of aliphatic hydroxyl groups excluding tert-OH is 10. The van der Waals surface area contributed by atoms with Crippen molar-refractivity contribution in [1.82, 2.24) is 0 Å². The fraction of sp³-hybridized carbons (Fsp3) is 0.961. The van der Waals surface area contributed by atoms with E-state index in [1.54, 1.807) is 6.92 Å². The maximum absolute atomic E-state index is 11.3. The Morgan fingerprint density at radius 2 is 1.18 bits per heavy atom. The van der Waals surface area contributed by atoms with Gasteiger partial charge in [0.25, 0.3) is 0 Å². The Morgan fingerprint density at radius 3 is 1.80 bits per heavy atom. The van der Waals surface area contributed by atoms with Crippen LogP contribution in [-0.2, 0) is 47.4 Å². The Bertz CT molecular complexity index is 1890. The molecule has 71 heavy (non-hydrogen) atoms. The summed E-state index contributed by atoms with van der Waals surface area (Å²) in [5, 5.41) is 108. The number of fused-ring (bicyclic) bond motifs is 7. The molecule has 0 unspecified atom stereocenters. The van der Waals surface area contributed by atoms with Gasteiger partial charge in [-0.3, -0.25) is 0 Å². The molecule has 0 radical (unpaired) electrons. The first-order valence-corrected chi connectivity index (χ1v) is 26.6. The van der Waals surface area contributed by atoms with Crippen LogP contribution in [0.5, 0.6) is 0 Å². The second kappa shape index (κ2) is 20.1. The molecule has 20 nitrogen and oxygen atoms in total. The molecule has 10 aliphatic rings. The zero-order chi connectivity index (χ0) is 50.8. The highest BCUT2D eigenvalue weighted by molar-refractivity contribution is 5.26. The third-order valence-corrected chi connectivity index (χ3v) is 19.7. The van der Waals surface area contributed by atoms with Crippen molar-refractivity contribution >= 4 is 0 Å². The molecule has 1 spiro atoms. The first kappa shape index (κ1) is 53.3. The SMILES string of the molecule is C[C@@H]1CC[C@]2(OC1)O[C@H]1C[C@H]3[C@@H]4CC=C5C[C@@H](O[C@@H]6O[C@H](C)[C@H](O[C@@H]7O[C@H](C)[C@@H](O)[C@@H](O)[C@@H]7O)[C@H](O[C@@H]7O[C@@H](C)[C@H](O)[C@@H](O)[C@H]7O)[C@H]6O[C@@H]6O[C@H](CO)[C@@H](O)[C@H](O)[C@H]6O)CC[C@@]5(C)[C@H]4CC[C@@]3(C)[C@H]1[C@@H]2C. The van der Waals surface area contributed by atoms with E-state index >= 15 is 0 Å². The van der Waals surface area contributed by atoms with Gasteiger partial charge in [-0.15, -0.1) is 0 Å². The van der Waals surface area contributed by atoms with Gasteiger partial charge in [0.1, 0.15) is 79.4 Å². The van der Waals surface area contributed by atoms with Gasteiger partial charge < -0.3 is 98.4 Å². The van der Waals surface area contributed by atoms with Gasteiger partial charge in [0.15, 0.2) is 30.9 Å². The zero-order valence-corrected chi connectivity index (χ0v) is 42.1. The Balaban J connectivity index is 0.921. The predicted molar refractivity (Wildman–Crippen MR) is 244 cm³/mol. The van der Waals surface area contributed by atoms with Crippen LogP contribution in [0, 0.1) is 46.3 Å². The van der Waals surface area contributed by atoms with E-state index in [1.165, 1.54) is 19.4 Å². The summed E-state index contributed by atoms with van der Waals surface area (Å²) in [6.45, 7) is 14.2. The molecule has 10 N–H and O–H groups in total. The van der Waals surface area contributed by atoms with Gasteiger partial charge in [-0.05, 0) is 113 Å². The third-order valence-electron chi connectivity index (χ3n) is 19.7. The third kappa shape index (κ3) is 9.03. The molecule has 9 fully saturated rings. The first-order chi connectivity index (χ1) is 33.6. The van der Waals surface area contributed by atoms with E-state index in [0.29, 0.717) is 48.3 Å². The van der Waals surface area contributed by atoms with Gasteiger partial charge in [0.2, 0.25) is 0 Å². The second-order valence-electron chi connectivity index (χ2n) is 23.8. The largest absolute Gasteiger partial charge is 0.394 e. The highest BCUT2D eigenvalue weighted by Gasteiger charge is 2.69. The number of allylic oxidation sites excluding steroid dienone is 1. The minimum absolute atomic E-state index is 0.0810. The summed E-state index contributed by atoms with van der Waals surface area (Å²) in [6, 6.07) is 0. The summed E-state index contributed by atoms with van der Waals surface area (Å²) < 4.78 is 64.1. The molecule has 10 rings (SSSR count). The molecule has 0 bridgehead atoms. The van der Waals surface area contributed by atoms with Crippen LogP contribution in [0.25, 0.3) is 0 Å². The number of ether oxygens (including phenoxy) is 10. The van der Waals surface area contributed by atoms with Crippen molar-refractivity contribution < 1.29 is 98.4 Å².